The first kappa shape index (κ1) is 16.7. The van der Waals surface area contributed by atoms with E-state index in [0.717, 1.165) is 0 Å². The number of nitrogens with one attached hydrogen (secondary N) is 1. The fourth-order valence-corrected chi connectivity index (χ4v) is 2.53. The number of aliphatic hydroxyl groups is 1. The summed E-state index contributed by atoms with van der Waals surface area (Å²) >= 11 is 0. The van der Waals surface area contributed by atoms with Gasteiger partial charge in [-0.05, 0) is 30.2 Å². The van der Waals surface area contributed by atoms with Crippen LogP contribution in [0, 0.1) is 10.1 Å². The number of amides is 1. The second-order valence-electron chi connectivity index (χ2n) is 5.45. The van der Waals surface area contributed by atoms with E-state index >= 15 is 0 Å². The van der Waals surface area contributed by atoms with Crippen LogP contribution < -0.4 is 14.8 Å². The number of nitro groups is 1. The molecule has 1 aliphatic heterocycles. The van der Waals surface area contributed by atoms with E-state index in [1.165, 1.54) is 18.2 Å². The van der Waals surface area contributed by atoms with Gasteiger partial charge in [0.15, 0.2) is 11.5 Å². The van der Waals surface area contributed by atoms with Gasteiger partial charge in [0, 0.05) is 12.6 Å². The Morgan fingerprint density at radius 2 is 2.00 bits per heavy atom. The van der Waals surface area contributed by atoms with Crippen molar-refractivity contribution in [1.29, 1.82) is 0 Å². The maximum absolute atomic E-state index is 12.1. The van der Waals surface area contributed by atoms with Crippen LogP contribution in [0.4, 0.5) is 5.69 Å². The van der Waals surface area contributed by atoms with Crippen molar-refractivity contribution in [1.82, 2.24) is 5.32 Å². The highest BCUT2D eigenvalue weighted by molar-refractivity contribution is 5.98. The molecule has 1 unspecified atom stereocenters. The SMILES string of the molecule is O=C(NCCC(O)c1ccc2c(c1)OCO2)c1ccccc1[N+](=O)[O-]. The Morgan fingerprint density at radius 3 is 2.80 bits per heavy atom. The van der Waals surface area contributed by atoms with Gasteiger partial charge in [-0.3, -0.25) is 14.9 Å². The number of nitrogens with zero attached hydrogens (tertiary/aromatic N) is 1. The molecule has 25 heavy (non-hydrogen) atoms. The lowest BCUT2D eigenvalue weighted by Crippen LogP contribution is -2.26. The minimum Gasteiger partial charge on any atom is -0.454 e. The summed E-state index contributed by atoms with van der Waals surface area (Å²) in [5.74, 6) is 0.645. The second-order valence-corrected chi connectivity index (χ2v) is 5.45. The third-order valence-electron chi connectivity index (χ3n) is 3.83. The third-order valence-corrected chi connectivity index (χ3v) is 3.83. The number of para-hydroxylation sites is 1. The van der Waals surface area contributed by atoms with Crippen molar-refractivity contribution in [3.05, 3.63) is 63.7 Å². The molecule has 1 aliphatic rings. The lowest BCUT2D eigenvalue weighted by atomic mass is 10.1. The van der Waals surface area contributed by atoms with Gasteiger partial charge in [0.05, 0.1) is 11.0 Å². The molecule has 1 amide bonds. The summed E-state index contributed by atoms with van der Waals surface area (Å²) in [7, 11) is 0. The minimum absolute atomic E-state index is 0.00920. The number of benzene rings is 2. The highest BCUT2D eigenvalue weighted by Gasteiger charge is 2.20. The van der Waals surface area contributed by atoms with Crippen molar-refractivity contribution in [2.75, 3.05) is 13.3 Å². The summed E-state index contributed by atoms with van der Waals surface area (Å²) in [6.45, 7) is 0.321. The van der Waals surface area contributed by atoms with Crippen molar-refractivity contribution in [2.24, 2.45) is 0 Å². The molecule has 0 saturated carbocycles. The molecule has 1 heterocycles. The Balaban J connectivity index is 1.57. The van der Waals surface area contributed by atoms with Gasteiger partial charge in [-0.1, -0.05) is 18.2 Å². The Labute approximate surface area is 143 Å². The van der Waals surface area contributed by atoms with Crippen LogP contribution in [-0.2, 0) is 0 Å². The van der Waals surface area contributed by atoms with Crippen LogP contribution in [-0.4, -0.2) is 29.3 Å². The molecule has 0 fully saturated rings. The summed E-state index contributed by atoms with van der Waals surface area (Å²) in [6.07, 6.45) is -0.549. The number of carbonyl (C=O) groups excluding carboxylic acids is 1. The summed E-state index contributed by atoms with van der Waals surface area (Å²) in [6, 6.07) is 10.9. The molecule has 0 aliphatic carbocycles. The normalized spacial score (nSPS) is 13.3. The summed E-state index contributed by atoms with van der Waals surface area (Å²) < 4.78 is 10.5. The molecule has 2 aromatic rings. The predicted molar refractivity (Wildman–Crippen MR) is 87.6 cm³/mol. The highest BCUT2D eigenvalue weighted by atomic mass is 16.7. The van der Waals surface area contributed by atoms with Crippen LogP contribution in [0.2, 0.25) is 0 Å². The molecule has 2 aromatic carbocycles. The number of carbonyl (C=O) groups is 1. The molecule has 3 rings (SSSR count). The van der Waals surface area contributed by atoms with E-state index in [4.69, 9.17) is 9.47 Å². The van der Waals surface area contributed by atoms with Crippen LogP contribution in [0.15, 0.2) is 42.5 Å². The van der Waals surface area contributed by atoms with Crippen molar-refractivity contribution in [3.8, 4) is 11.5 Å². The molecule has 0 bridgehead atoms. The standard InChI is InChI=1S/C17H16N2O6/c20-14(11-5-6-15-16(9-11)25-10-24-15)7-8-18-17(21)12-3-1-2-4-13(12)19(22)23/h1-6,9,14,20H,7-8,10H2,(H,18,21). The Hall–Kier alpha value is -3.13. The van der Waals surface area contributed by atoms with Gasteiger partial charge >= 0.3 is 0 Å². The fourth-order valence-electron chi connectivity index (χ4n) is 2.53. The van der Waals surface area contributed by atoms with Gasteiger partial charge in [-0.25, -0.2) is 0 Å². The zero-order valence-corrected chi connectivity index (χ0v) is 13.2. The van der Waals surface area contributed by atoms with Gasteiger partial charge in [0.1, 0.15) is 5.56 Å². The molecule has 8 heteroatoms. The number of aliphatic hydroxyl groups excluding tert-OH is 1. The maximum Gasteiger partial charge on any atom is 0.282 e. The van der Waals surface area contributed by atoms with E-state index in [-0.39, 0.29) is 31.0 Å². The van der Waals surface area contributed by atoms with Crippen LogP contribution in [0.3, 0.4) is 0 Å². The van der Waals surface area contributed by atoms with E-state index < -0.39 is 16.9 Å². The van der Waals surface area contributed by atoms with Crippen molar-refractivity contribution in [2.45, 2.75) is 12.5 Å². The molecule has 8 nitrogen and oxygen atoms in total. The zero-order valence-electron chi connectivity index (χ0n) is 13.2. The number of rotatable bonds is 6. The molecule has 2 N–H and O–H groups in total. The second kappa shape index (κ2) is 7.18. The molecular formula is C17H16N2O6. The summed E-state index contributed by atoms with van der Waals surface area (Å²) in [5.41, 5.74) is 0.380. The Morgan fingerprint density at radius 1 is 1.24 bits per heavy atom. The molecular weight excluding hydrogens is 328 g/mol. The number of nitro benzene ring substituents is 1. The third kappa shape index (κ3) is 3.69. The van der Waals surface area contributed by atoms with Crippen molar-refractivity contribution >= 4 is 11.6 Å². The van der Waals surface area contributed by atoms with Gasteiger partial charge in [-0.15, -0.1) is 0 Å². The molecule has 0 spiro atoms. The van der Waals surface area contributed by atoms with E-state index in [1.807, 2.05) is 0 Å². The zero-order chi connectivity index (χ0) is 17.8. The molecule has 130 valence electrons. The average molecular weight is 344 g/mol. The van der Waals surface area contributed by atoms with Crippen LogP contribution in [0.5, 0.6) is 11.5 Å². The molecule has 1 atom stereocenters. The smallest absolute Gasteiger partial charge is 0.282 e. The Bertz CT molecular complexity index is 807. The molecule has 0 saturated heterocycles. The molecule has 0 aromatic heterocycles. The average Bonchev–Trinajstić information content (AvgIpc) is 3.09. The van der Waals surface area contributed by atoms with E-state index in [9.17, 15) is 20.0 Å². The Kier molecular flexibility index (Phi) is 4.80. The fraction of sp³-hybridized carbons (Fsp3) is 0.235. The largest absolute Gasteiger partial charge is 0.454 e. The van der Waals surface area contributed by atoms with E-state index in [1.54, 1.807) is 24.3 Å². The van der Waals surface area contributed by atoms with Crippen molar-refractivity contribution in [3.63, 3.8) is 0 Å². The topological polar surface area (TPSA) is 111 Å². The highest BCUT2D eigenvalue weighted by Crippen LogP contribution is 2.34. The van der Waals surface area contributed by atoms with Gasteiger partial charge < -0.3 is 19.9 Å². The predicted octanol–water partition coefficient (Wildman–Crippen LogP) is 2.18. The number of hydrogen-bond donors (Lipinski definition) is 2. The van der Waals surface area contributed by atoms with E-state index in [2.05, 4.69) is 5.32 Å². The first-order valence-electron chi connectivity index (χ1n) is 7.65. The van der Waals surface area contributed by atoms with Crippen LogP contribution >= 0.6 is 0 Å². The van der Waals surface area contributed by atoms with Crippen LogP contribution in [0.25, 0.3) is 0 Å². The van der Waals surface area contributed by atoms with Crippen LogP contribution in [0.1, 0.15) is 28.4 Å². The summed E-state index contributed by atoms with van der Waals surface area (Å²) in [4.78, 5) is 22.5. The minimum atomic E-state index is -0.805. The first-order valence-corrected chi connectivity index (χ1v) is 7.65. The number of hydrogen-bond acceptors (Lipinski definition) is 6. The summed E-state index contributed by atoms with van der Waals surface area (Å²) in [5, 5.41) is 23.8. The quantitative estimate of drug-likeness (QED) is 0.614. The van der Waals surface area contributed by atoms with Crippen molar-refractivity contribution < 1.29 is 24.3 Å². The van der Waals surface area contributed by atoms with E-state index in [0.29, 0.717) is 17.1 Å². The van der Waals surface area contributed by atoms with Gasteiger partial charge in [-0.2, -0.15) is 0 Å². The number of fused-ring (bicyclic) bond motifs is 1. The lowest BCUT2D eigenvalue weighted by molar-refractivity contribution is -0.385. The monoisotopic (exact) mass is 344 g/mol. The number of ether oxygens (including phenoxy) is 2. The molecule has 0 radical (unpaired) electrons. The maximum atomic E-state index is 12.1. The van der Waals surface area contributed by atoms with Gasteiger partial charge in [0.2, 0.25) is 6.79 Å². The van der Waals surface area contributed by atoms with Gasteiger partial charge in [0.25, 0.3) is 11.6 Å². The lowest BCUT2D eigenvalue weighted by Gasteiger charge is -2.12. The first-order chi connectivity index (χ1) is 12.1.